The van der Waals surface area contributed by atoms with E-state index in [0.717, 1.165) is 81.9 Å². The van der Waals surface area contributed by atoms with Crippen LogP contribution < -0.4 is 0 Å². The number of aryl methyl sites for hydroxylation is 1. The van der Waals surface area contributed by atoms with E-state index < -0.39 is 16.9 Å². The third-order valence-corrected chi connectivity index (χ3v) is 14.3. The minimum absolute atomic E-state index is 0.0183. The van der Waals surface area contributed by atoms with Gasteiger partial charge in [0.1, 0.15) is 18.8 Å². The molecule has 2 heterocycles. The first-order valence-corrected chi connectivity index (χ1v) is 17.5. The molecule has 1 aromatic rings. The predicted octanol–water partition coefficient (Wildman–Crippen LogP) is 6.69. The Kier molecular flexibility index (Phi) is 8.40. The van der Waals surface area contributed by atoms with Crippen molar-refractivity contribution in [3.63, 3.8) is 0 Å². The van der Waals surface area contributed by atoms with Gasteiger partial charge in [-0.3, -0.25) is 14.3 Å². The van der Waals surface area contributed by atoms with Crippen molar-refractivity contribution in [3.05, 3.63) is 37.0 Å². The molecule has 11 atom stereocenters. The van der Waals surface area contributed by atoms with Crippen LogP contribution in [0.15, 0.2) is 37.0 Å². The molecule has 45 heavy (non-hydrogen) atoms. The standard InChI is InChI=1S/C37H55N3O5/c1-23(2)25-11-14-37(33(43)44-18-10-8-9-17-40-22-38-21-39-40)16-15-34(5)27(31(25)37)19-28-32-35(34,6)13-12-26(24(3)4)36(32,7)29(41)20-30(42)45-28/h21-22,25-29,31-32,41H,1,3,8-20H2,2,4-7H3/t25-,26-,27+,28+,29+,31+,32-,34+,35+,36+,37-/m0/s1. The average molecular weight is 622 g/mol. The highest BCUT2D eigenvalue weighted by atomic mass is 16.5. The molecule has 4 saturated carbocycles. The molecular formula is C37H55N3O5. The number of esters is 2. The summed E-state index contributed by atoms with van der Waals surface area (Å²) in [5.74, 6) is 0.328. The number of carbonyl (C=O) groups excluding carboxylic acids is 2. The topological polar surface area (TPSA) is 104 Å². The van der Waals surface area contributed by atoms with Crippen LogP contribution in [0.5, 0.6) is 0 Å². The number of carbonyl (C=O) groups is 2. The van der Waals surface area contributed by atoms with Gasteiger partial charge in [-0.1, -0.05) is 45.1 Å². The van der Waals surface area contributed by atoms with Gasteiger partial charge in [-0.05, 0) is 113 Å². The Balaban J connectivity index is 1.29. The molecule has 0 bridgehead atoms. The number of unbranched alkanes of at least 4 members (excludes halogenated alkanes) is 2. The summed E-state index contributed by atoms with van der Waals surface area (Å²) in [4.78, 5) is 31.5. The molecule has 5 fully saturated rings. The molecule has 0 aromatic carbocycles. The van der Waals surface area contributed by atoms with Gasteiger partial charge in [0.05, 0.1) is 24.5 Å². The van der Waals surface area contributed by atoms with Crippen LogP contribution in [-0.4, -0.2) is 50.6 Å². The zero-order valence-electron chi connectivity index (χ0n) is 28.2. The van der Waals surface area contributed by atoms with E-state index in [2.05, 4.69) is 57.9 Å². The van der Waals surface area contributed by atoms with Crippen molar-refractivity contribution in [2.45, 2.75) is 124 Å². The van der Waals surface area contributed by atoms with Crippen molar-refractivity contribution in [1.29, 1.82) is 0 Å². The fraction of sp³-hybridized carbons (Fsp3) is 0.784. The van der Waals surface area contributed by atoms with Crippen LogP contribution in [0.4, 0.5) is 0 Å². The highest BCUT2D eigenvalue weighted by molar-refractivity contribution is 5.78. The zero-order valence-corrected chi connectivity index (χ0v) is 28.2. The van der Waals surface area contributed by atoms with E-state index in [1.165, 1.54) is 0 Å². The van der Waals surface area contributed by atoms with Gasteiger partial charge in [-0.2, -0.15) is 5.10 Å². The third kappa shape index (κ3) is 4.86. The van der Waals surface area contributed by atoms with E-state index in [9.17, 15) is 14.7 Å². The second kappa shape index (κ2) is 11.6. The highest BCUT2D eigenvalue weighted by Crippen LogP contribution is 2.77. The highest BCUT2D eigenvalue weighted by Gasteiger charge is 2.74. The summed E-state index contributed by atoms with van der Waals surface area (Å²) in [6, 6.07) is 0. The fourth-order valence-electron chi connectivity index (χ4n) is 12.0. The van der Waals surface area contributed by atoms with Gasteiger partial charge in [0.25, 0.3) is 0 Å². The van der Waals surface area contributed by atoms with E-state index in [1.807, 2.05) is 4.68 Å². The lowest BCUT2D eigenvalue weighted by Gasteiger charge is -2.71. The van der Waals surface area contributed by atoms with E-state index in [1.54, 1.807) is 12.7 Å². The first-order chi connectivity index (χ1) is 21.3. The smallest absolute Gasteiger partial charge is 0.312 e. The molecule has 6 rings (SSSR count). The van der Waals surface area contributed by atoms with Gasteiger partial charge in [-0.25, -0.2) is 4.98 Å². The Hall–Kier alpha value is -2.48. The normalized spacial score (nSPS) is 43.7. The van der Waals surface area contributed by atoms with E-state index in [-0.39, 0.29) is 64.9 Å². The first kappa shape index (κ1) is 32.5. The molecule has 1 N–H and O–H groups in total. The van der Waals surface area contributed by atoms with Crippen molar-refractivity contribution in [3.8, 4) is 0 Å². The number of aromatic nitrogens is 3. The van der Waals surface area contributed by atoms with Gasteiger partial charge in [-0.15, -0.1) is 0 Å². The Morgan fingerprint density at radius 1 is 1.07 bits per heavy atom. The van der Waals surface area contributed by atoms with Crippen LogP contribution in [0, 0.1) is 51.2 Å². The van der Waals surface area contributed by atoms with Crippen LogP contribution in [0.3, 0.4) is 0 Å². The summed E-state index contributed by atoms with van der Waals surface area (Å²) in [7, 11) is 0. The van der Waals surface area contributed by atoms with Crippen LogP contribution in [-0.2, 0) is 25.6 Å². The van der Waals surface area contributed by atoms with E-state index in [0.29, 0.717) is 6.61 Å². The Morgan fingerprint density at radius 2 is 1.84 bits per heavy atom. The SMILES string of the molecule is C=C(C)[C@@H]1CC[C@]2(C(=O)OCCCCCn3cncn3)CC[C@]3(C)[C@H](C[C@H]4OC(=O)C[C@@H](O)[C@]5(C)[C@@H]4[C@@]3(C)CC[C@H]5C(=C)C)[C@@H]12. The molecule has 248 valence electrons. The van der Waals surface area contributed by atoms with Crippen LogP contribution in [0.2, 0.25) is 0 Å². The lowest BCUT2D eigenvalue weighted by molar-refractivity contribution is -0.260. The van der Waals surface area contributed by atoms with E-state index in [4.69, 9.17) is 9.47 Å². The van der Waals surface area contributed by atoms with Crippen molar-refractivity contribution in [2.75, 3.05) is 6.61 Å². The molecule has 1 aromatic heterocycles. The minimum atomic E-state index is -0.773. The Labute approximate surface area is 269 Å². The molecule has 4 aliphatic carbocycles. The molecule has 5 aliphatic rings. The number of rotatable bonds is 9. The number of ether oxygens (including phenoxy) is 2. The second-order valence-electron chi connectivity index (χ2n) is 16.2. The molecule has 1 saturated heterocycles. The Morgan fingerprint density at radius 3 is 2.53 bits per heavy atom. The van der Waals surface area contributed by atoms with Gasteiger partial charge in [0.2, 0.25) is 0 Å². The van der Waals surface area contributed by atoms with Crippen molar-refractivity contribution >= 4 is 11.9 Å². The maximum Gasteiger partial charge on any atom is 0.312 e. The average Bonchev–Trinajstić information content (AvgIpc) is 3.62. The number of aliphatic hydroxyl groups excluding tert-OH is 1. The van der Waals surface area contributed by atoms with Gasteiger partial charge < -0.3 is 14.6 Å². The number of fused-ring (bicyclic) bond motifs is 4. The number of allylic oxidation sites excluding steroid dienone is 2. The molecule has 0 radical (unpaired) electrons. The summed E-state index contributed by atoms with van der Waals surface area (Å²) in [6.07, 6.45) is 11.2. The second-order valence-corrected chi connectivity index (χ2v) is 16.2. The minimum Gasteiger partial charge on any atom is -0.465 e. The van der Waals surface area contributed by atoms with Gasteiger partial charge in [0.15, 0.2) is 0 Å². The predicted molar refractivity (Wildman–Crippen MR) is 171 cm³/mol. The van der Waals surface area contributed by atoms with E-state index >= 15 is 0 Å². The molecule has 0 spiro atoms. The number of hydrogen-bond acceptors (Lipinski definition) is 7. The maximum atomic E-state index is 14.3. The monoisotopic (exact) mass is 621 g/mol. The summed E-state index contributed by atoms with van der Waals surface area (Å²) in [5.41, 5.74) is 0.928. The largest absolute Gasteiger partial charge is 0.465 e. The maximum absolute atomic E-state index is 14.3. The Bertz CT molecular complexity index is 1330. The van der Waals surface area contributed by atoms with Crippen molar-refractivity contribution in [1.82, 2.24) is 14.8 Å². The van der Waals surface area contributed by atoms with Crippen molar-refractivity contribution < 1.29 is 24.2 Å². The number of hydrogen-bond donors (Lipinski definition) is 1. The summed E-state index contributed by atoms with van der Waals surface area (Å²) in [5, 5.41) is 15.9. The van der Waals surface area contributed by atoms with Crippen LogP contribution >= 0.6 is 0 Å². The third-order valence-electron chi connectivity index (χ3n) is 14.3. The molecule has 1 aliphatic heterocycles. The molecule has 0 amide bonds. The lowest BCUT2D eigenvalue weighted by atomic mass is 9.33. The number of aliphatic hydroxyl groups is 1. The number of nitrogens with zero attached hydrogens (tertiary/aromatic N) is 3. The van der Waals surface area contributed by atoms with Crippen LogP contribution in [0.1, 0.15) is 105 Å². The van der Waals surface area contributed by atoms with Crippen molar-refractivity contribution in [2.24, 2.45) is 51.2 Å². The summed E-state index contributed by atoms with van der Waals surface area (Å²) >= 11 is 0. The molecule has 0 unspecified atom stereocenters. The fourth-order valence-corrected chi connectivity index (χ4v) is 12.0. The summed E-state index contributed by atoms with van der Waals surface area (Å²) in [6.45, 7) is 21.4. The zero-order chi connectivity index (χ0) is 32.4. The van der Waals surface area contributed by atoms with Gasteiger partial charge in [0, 0.05) is 17.9 Å². The first-order valence-electron chi connectivity index (χ1n) is 17.5. The molecule has 8 nitrogen and oxygen atoms in total. The molecule has 8 heteroatoms. The van der Waals surface area contributed by atoms with Crippen LogP contribution in [0.25, 0.3) is 0 Å². The lowest BCUT2D eigenvalue weighted by Crippen LogP contribution is -2.69. The molecular weight excluding hydrogens is 566 g/mol. The summed E-state index contributed by atoms with van der Waals surface area (Å²) < 4.78 is 14.4. The quantitative estimate of drug-likeness (QED) is 0.186. The van der Waals surface area contributed by atoms with Gasteiger partial charge >= 0.3 is 11.9 Å².